The molecule has 2 aromatic carbocycles. The van der Waals surface area contributed by atoms with E-state index in [1.165, 1.54) is 16.7 Å². The maximum atomic E-state index is 5.32. The Hall–Kier alpha value is -2.69. The zero-order chi connectivity index (χ0) is 17.5. The van der Waals surface area contributed by atoms with Gasteiger partial charge < -0.3 is 20.1 Å². The lowest BCUT2D eigenvalue weighted by molar-refractivity contribution is 0.355. The quantitative estimate of drug-likeness (QED) is 0.652. The predicted molar refractivity (Wildman–Crippen MR) is 99.3 cm³/mol. The van der Waals surface area contributed by atoms with Crippen LogP contribution in [-0.4, -0.2) is 27.2 Å². The summed E-state index contributed by atoms with van der Waals surface area (Å²) in [4.78, 5) is 4.27. The summed E-state index contributed by atoms with van der Waals surface area (Å²) in [6, 6.07) is 12.1. The molecule has 2 N–H and O–H groups in total. The van der Waals surface area contributed by atoms with Gasteiger partial charge in [-0.05, 0) is 37.1 Å². The number of nitrogens with one attached hydrogen (secondary N) is 2. The SMILES string of the molecule is CN=C(NCc1ccc(C)cc1C)Nc1ccc(OC)c(OC)c1. The normalized spacial score (nSPS) is 11.1. The first-order valence-corrected chi connectivity index (χ1v) is 7.83. The van der Waals surface area contributed by atoms with Crippen molar-refractivity contribution in [1.82, 2.24) is 5.32 Å². The van der Waals surface area contributed by atoms with Crippen LogP contribution in [0.15, 0.2) is 41.4 Å². The fourth-order valence-corrected chi connectivity index (χ4v) is 2.45. The van der Waals surface area contributed by atoms with Gasteiger partial charge in [0.2, 0.25) is 0 Å². The number of nitrogens with zero attached hydrogens (tertiary/aromatic N) is 1. The third-order valence-electron chi connectivity index (χ3n) is 3.81. The zero-order valence-electron chi connectivity index (χ0n) is 14.9. The first-order valence-electron chi connectivity index (χ1n) is 7.83. The van der Waals surface area contributed by atoms with E-state index in [9.17, 15) is 0 Å². The molecule has 2 rings (SSSR count). The Kier molecular flexibility index (Phi) is 6.07. The van der Waals surface area contributed by atoms with Crippen molar-refractivity contribution in [1.29, 1.82) is 0 Å². The van der Waals surface area contributed by atoms with Crippen LogP contribution in [-0.2, 0) is 6.54 Å². The van der Waals surface area contributed by atoms with Gasteiger partial charge in [0.1, 0.15) is 0 Å². The smallest absolute Gasteiger partial charge is 0.195 e. The number of methoxy groups -OCH3 is 2. The summed E-state index contributed by atoms with van der Waals surface area (Å²) >= 11 is 0. The number of hydrogen-bond donors (Lipinski definition) is 2. The van der Waals surface area contributed by atoms with Gasteiger partial charge in [0.05, 0.1) is 14.2 Å². The highest BCUT2D eigenvalue weighted by atomic mass is 16.5. The Balaban J connectivity index is 2.05. The molecule has 0 unspecified atom stereocenters. The highest BCUT2D eigenvalue weighted by Gasteiger charge is 2.07. The number of hydrogen-bond acceptors (Lipinski definition) is 3. The molecular weight excluding hydrogens is 302 g/mol. The lowest BCUT2D eigenvalue weighted by Gasteiger charge is -2.15. The Labute approximate surface area is 143 Å². The van der Waals surface area contributed by atoms with Crippen LogP contribution in [0.25, 0.3) is 0 Å². The fourth-order valence-electron chi connectivity index (χ4n) is 2.45. The van der Waals surface area contributed by atoms with Gasteiger partial charge >= 0.3 is 0 Å². The van der Waals surface area contributed by atoms with Crippen LogP contribution < -0.4 is 20.1 Å². The molecule has 0 radical (unpaired) electrons. The molecule has 0 saturated carbocycles. The number of aliphatic imine (C=N–C) groups is 1. The maximum absolute atomic E-state index is 5.32. The van der Waals surface area contributed by atoms with E-state index in [4.69, 9.17) is 9.47 Å². The largest absolute Gasteiger partial charge is 0.493 e. The summed E-state index contributed by atoms with van der Waals surface area (Å²) in [5.41, 5.74) is 4.66. The minimum atomic E-state index is 0.673. The standard InChI is InChI=1S/C19H25N3O2/c1-13-6-7-15(14(2)10-13)12-21-19(20-3)22-16-8-9-17(23-4)18(11-16)24-5/h6-11H,12H2,1-5H3,(H2,20,21,22). The average molecular weight is 327 g/mol. The van der Waals surface area contributed by atoms with Crippen LogP contribution in [0.5, 0.6) is 11.5 Å². The van der Waals surface area contributed by atoms with Crippen LogP contribution in [0.1, 0.15) is 16.7 Å². The van der Waals surface area contributed by atoms with Gasteiger partial charge in [-0.25, -0.2) is 0 Å². The molecule has 24 heavy (non-hydrogen) atoms. The minimum absolute atomic E-state index is 0.673. The number of ether oxygens (including phenoxy) is 2. The highest BCUT2D eigenvalue weighted by Crippen LogP contribution is 2.29. The molecule has 0 aliphatic heterocycles. The van der Waals surface area contributed by atoms with Gasteiger partial charge in [0.25, 0.3) is 0 Å². The average Bonchev–Trinajstić information content (AvgIpc) is 2.59. The lowest BCUT2D eigenvalue weighted by atomic mass is 10.1. The van der Waals surface area contributed by atoms with E-state index >= 15 is 0 Å². The van der Waals surface area contributed by atoms with E-state index in [-0.39, 0.29) is 0 Å². The molecule has 0 aliphatic rings. The lowest BCUT2D eigenvalue weighted by Crippen LogP contribution is -2.30. The molecule has 5 heteroatoms. The molecule has 0 bridgehead atoms. The molecule has 0 amide bonds. The molecule has 0 heterocycles. The van der Waals surface area contributed by atoms with Crippen molar-refractivity contribution in [2.24, 2.45) is 4.99 Å². The molecule has 5 nitrogen and oxygen atoms in total. The predicted octanol–water partition coefficient (Wildman–Crippen LogP) is 3.51. The summed E-state index contributed by atoms with van der Waals surface area (Å²) in [6.07, 6.45) is 0. The van der Waals surface area contributed by atoms with Crippen LogP contribution in [0.3, 0.4) is 0 Å². The Morgan fingerprint density at radius 1 is 1.00 bits per heavy atom. The first-order chi connectivity index (χ1) is 11.6. The van der Waals surface area contributed by atoms with Crippen molar-refractivity contribution in [3.63, 3.8) is 0 Å². The second-order valence-corrected chi connectivity index (χ2v) is 5.55. The number of guanidine groups is 1. The number of benzene rings is 2. The Morgan fingerprint density at radius 2 is 1.75 bits per heavy atom. The first kappa shape index (κ1) is 17.7. The molecule has 0 aliphatic carbocycles. The molecule has 0 atom stereocenters. The third kappa shape index (κ3) is 4.41. The van der Waals surface area contributed by atoms with Crippen molar-refractivity contribution in [3.05, 3.63) is 53.1 Å². The Morgan fingerprint density at radius 3 is 2.38 bits per heavy atom. The monoisotopic (exact) mass is 327 g/mol. The van der Waals surface area contributed by atoms with Crippen molar-refractivity contribution in [2.45, 2.75) is 20.4 Å². The van der Waals surface area contributed by atoms with Gasteiger partial charge in [0, 0.05) is 25.3 Å². The van der Waals surface area contributed by atoms with E-state index < -0.39 is 0 Å². The number of aryl methyl sites for hydroxylation is 2. The van der Waals surface area contributed by atoms with Crippen LogP contribution in [0.4, 0.5) is 5.69 Å². The van der Waals surface area contributed by atoms with Gasteiger partial charge in [-0.1, -0.05) is 23.8 Å². The summed E-state index contributed by atoms with van der Waals surface area (Å²) < 4.78 is 10.6. The van der Waals surface area contributed by atoms with Crippen molar-refractivity contribution < 1.29 is 9.47 Å². The summed E-state index contributed by atoms with van der Waals surface area (Å²) in [5, 5.41) is 6.59. The van der Waals surface area contributed by atoms with Crippen molar-refractivity contribution >= 4 is 11.6 Å². The summed E-state index contributed by atoms with van der Waals surface area (Å²) in [6.45, 7) is 4.93. The maximum Gasteiger partial charge on any atom is 0.195 e. The van der Waals surface area contributed by atoms with Gasteiger partial charge in [-0.3, -0.25) is 4.99 Å². The second kappa shape index (κ2) is 8.24. The highest BCUT2D eigenvalue weighted by molar-refractivity contribution is 5.93. The Bertz CT molecular complexity index is 727. The van der Waals surface area contributed by atoms with Crippen LogP contribution >= 0.6 is 0 Å². The van der Waals surface area contributed by atoms with E-state index in [1.807, 2.05) is 18.2 Å². The van der Waals surface area contributed by atoms with E-state index in [2.05, 4.69) is 47.7 Å². The van der Waals surface area contributed by atoms with Gasteiger partial charge in [-0.15, -0.1) is 0 Å². The van der Waals surface area contributed by atoms with Crippen molar-refractivity contribution in [2.75, 3.05) is 26.6 Å². The van der Waals surface area contributed by atoms with E-state index in [1.54, 1.807) is 21.3 Å². The molecule has 0 fully saturated rings. The van der Waals surface area contributed by atoms with Crippen LogP contribution in [0, 0.1) is 13.8 Å². The summed E-state index contributed by atoms with van der Waals surface area (Å²) in [7, 11) is 4.99. The molecule has 2 aromatic rings. The third-order valence-corrected chi connectivity index (χ3v) is 3.81. The van der Waals surface area contributed by atoms with Gasteiger partial charge in [-0.2, -0.15) is 0 Å². The van der Waals surface area contributed by atoms with E-state index in [0.717, 1.165) is 5.69 Å². The minimum Gasteiger partial charge on any atom is -0.493 e. The zero-order valence-corrected chi connectivity index (χ0v) is 14.9. The van der Waals surface area contributed by atoms with E-state index in [0.29, 0.717) is 24.0 Å². The molecule has 0 saturated heterocycles. The topological polar surface area (TPSA) is 54.9 Å². The molecule has 0 aromatic heterocycles. The molecular formula is C19H25N3O2. The summed E-state index contributed by atoms with van der Waals surface area (Å²) in [5.74, 6) is 2.07. The molecule has 128 valence electrons. The van der Waals surface area contributed by atoms with Crippen LogP contribution in [0.2, 0.25) is 0 Å². The number of anilines is 1. The number of rotatable bonds is 5. The second-order valence-electron chi connectivity index (χ2n) is 5.55. The fraction of sp³-hybridized carbons (Fsp3) is 0.316. The molecule has 0 spiro atoms. The van der Waals surface area contributed by atoms with Crippen molar-refractivity contribution in [3.8, 4) is 11.5 Å². The van der Waals surface area contributed by atoms with Gasteiger partial charge in [0.15, 0.2) is 17.5 Å².